The van der Waals surface area contributed by atoms with Gasteiger partial charge >= 0.3 is 0 Å². The number of carbonyl (C=O) groups excluding carboxylic acids is 1. The van der Waals surface area contributed by atoms with Crippen LogP contribution in [0, 0.1) is 13.8 Å². The van der Waals surface area contributed by atoms with E-state index in [1.54, 1.807) is 6.08 Å². The standard InChI is InChI=1S/C19H21NO/c1-4-13-20-18(16-9-5-14(2)6-10-16)19(21)17-11-7-15(3)8-12-17/h4-12,18,20H,1,13H2,2-3H3. The molecule has 0 saturated carbocycles. The molecule has 2 nitrogen and oxygen atoms in total. The largest absolute Gasteiger partial charge is 0.300 e. The van der Waals surface area contributed by atoms with Gasteiger partial charge in [-0.05, 0) is 19.4 Å². The smallest absolute Gasteiger partial charge is 0.184 e. The number of rotatable bonds is 6. The minimum absolute atomic E-state index is 0.0840. The van der Waals surface area contributed by atoms with Crippen molar-refractivity contribution in [2.45, 2.75) is 19.9 Å². The van der Waals surface area contributed by atoms with Gasteiger partial charge in [0.05, 0.1) is 6.04 Å². The van der Waals surface area contributed by atoms with E-state index in [9.17, 15) is 4.79 Å². The Hall–Kier alpha value is -2.19. The molecule has 2 aromatic carbocycles. The van der Waals surface area contributed by atoms with Gasteiger partial charge in [0.25, 0.3) is 0 Å². The molecule has 1 unspecified atom stereocenters. The van der Waals surface area contributed by atoms with Gasteiger partial charge < -0.3 is 0 Å². The number of nitrogens with one attached hydrogen (secondary N) is 1. The summed E-state index contributed by atoms with van der Waals surface area (Å²) in [6, 6.07) is 15.4. The van der Waals surface area contributed by atoms with Crippen molar-refractivity contribution in [3.05, 3.63) is 83.4 Å². The topological polar surface area (TPSA) is 29.1 Å². The monoisotopic (exact) mass is 279 g/mol. The number of ketones is 1. The van der Waals surface area contributed by atoms with Crippen LogP contribution in [-0.4, -0.2) is 12.3 Å². The van der Waals surface area contributed by atoms with Crippen LogP contribution in [0.3, 0.4) is 0 Å². The van der Waals surface area contributed by atoms with E-state index >= 15 is 0 Å². The Kier molecular flexibility index (Phi) is 5.07. The molecule has 1 N–H and O–H groups in total. The molecule has 21 heavy (non-hydrogen) atoms. The molecule has 2 heteroatoms. The summed E-state index contributed by atoms with van der Waals surface area (Å²) in [6.45, 7) is 8.36. The highest BCUT2D eigenvalue weighted by Gasteiger charge is 2.20. The summed E-state index contributed by atoms with van der Waals surface area (Å²) in [7, 11) is 0. The molecule has 2 aromatic rings. The molecule has 0 spiro atoms. The fourth-order valence-corrected chi connectivity index (χ4v) is 2.21. The second-order valence-corrected chi connectivity index (χ2v) is 5.27. The van der Waals surface area contributed by atoms with Crippen molar-refractivity contribution in [3.8, 4) is 0 Å². The highest BCUT2D eigenvalue weighted by Crippen LogP contribution is 2.19. The molecular weight excluding hydrogens is 258 g/mol. The van der Waals surface area contributed by atoms with Crippen LogP contribution in [-0.2, 0) is 0 Å². The van der Waals surface area contributed by atoms with Crippen LogP contribution in [0.15, 0.2) is 61.2 Å². The Morgan fingerprint density at radius 2 is 1.57 bits per heavy atom. The van der Waals surface area contributed by atoms with E-state index in [1.807, 2.05) is 62.4 Å². The van der Waals surface area contributed by atoms with E-state index in [4.69, 9.17) is 0 Å². The molecule has 0 amide bonds. The third-order valence-corrected chi connectivity index (χ3v) is 3.48. The van der Waals surface area contributed by atoms with E-state index in [0.717, 1.165) is 16.7 Å². The first-order chi connectivity index (χ1) is 10.1. The van der Waals surface area contributed by atoms with E-state index in [2.05, 4.69) is 11.9 Å². The first-order valence-corrected chi connectivity index (χ1v) is 7.13. The highest BCUT2D eigenvalue weighted by atomic mass is 16.1. The maximum absolute atomic E-state index is 12.8. The van der Waals surface area contributed by atoms with Crippen molar-refractivity contribution in [1.29, 1.82) is 0 Å². The Morgan fingerprint density at radius 1 is 1.05 bits per heavy atom. The van der Waals surface area contributed by atoms with Gasteiger partial charge in [-0.3, -0.25) is 10.1 Å². The summed E-state index contributed by atoms with van der Waals surface area (Å²) < 4.78 is 0. The third-order valence-electron chi connectivity index (χ3n) is 3.48. The van der Waals surface area contributed by atoms with Gasteiger partial charge in [-0.1, -0.05) is 65.7 Å². The van der Waals surface area contributed by atoms with Crippen molar-refractivity contribution in [1.82, 2.24) is 5.32 Å². The number of aryl methyl sites for hydroxylation is 2. The Labute approximate surface area is 126 Å². The number of benzene rings is 2. The molecule has 0 aliphatic rings. The maximum Gasteiger partial charge on any atom is 0.184 e. The van der Waals surface area contributed by atoms with Gasteiger partial charge in [0.15, 0.2) is 5.78 Å². The van der Waals surface area contributed by atoms with Crippen molar-refractivity contribution in [2.24, 2.45) is 0 Å². The van der Waals surface area contributed by atoms with Crippen molar-refractivity contribution in [3.63, 3.8) is 0 Å². The van der Waals surface area contributed by atoms with Crippen LogP contribution in [0.4, 0.5) is 0 Å². The lowest BCUT2D eigenvalue weighted by Crippen LogP contribution is -2.29. The summed E-state index contributed by atoms with van der Waals surface area (Å²) in [6.07, 6.45) is 1.77. The summed E-state index contributed by atoms with van der Waals surface area (Å²) in [4.78, 5) is 12.8. The van der Waals surface area contributed by atoms with E-state index in [-0.39, 0.29) is 11.8 Å². The van der Waals surface area contributed by atoms with Gasteiger partial charge in [-0.25, -0.2) is 0 Å². The first-order valence-electron chi connectivity index (χ1n) is 7.13. The average molecular weight is 279 g/mol. The summed E-state index contributed by atoms with van der Waals surface area (Å²) >= 11 is 0. The molecule has 0 saturated heterocycles. The number of Topliss-reactive ketones (excluding diaryl/α,β-unsaturated/α-hetero) is 1. The molecule has 0 fully saturated rings. The van der Waals surface area contributed by atoms with Crippen molar-refractivity contribution in [2.75, 3.05) is 6.54 Å². The predicted octanol–water partition coefficient (Wildman–Crippen LogP) is 4.00. The molecule has 0 aliphatic heterocycles. The zero-order valence-electron chi connectivity index (χ0n) is 12.6. The summed E-state index contributed by atoms with van der Waals surface area (Å²) in [5.74, 6) is 0.0840. The zero-order chi connectivity index (χ0) is 15.2. The number of carbonyl (C=O) groups is 1. The second-order valence-electron chi connectivity index (χ2n) is 5.27. The van der Waals surface area contributed by atoms with Crippen LogP contribution >= 0.6 is 0 Å². The number of hydrogen-bond donors (Lipinski definition) is 1. The van der Waals surface area contributed by atoms with Crippen LogP contribution < -0.4 is 5.32 Å². The van der Waals surface area contributed by atoms with Crippen LogP contribution in [0.2, 0.25) is 0 Å². The van der Waals surface area contributed by atoms with Crippen molar-refractivity contribution >= 4 is 5.78 Å². The van der Waals surface area contributed by atoms with Crippen LogP contribution in [0.25, 0.3) is 0 Å². The highest BCUT2D eigenvalue weighted by molar-refractivity contribution is 6.00. The normalized spacial score (nSPS) is 11.9. The van der Waals surface area contributed by atoms with E-state index in [1.165, 1.54) is 5.56 Å². The summed E-state index contributed by atoms with van der Waals surface area (Å²) in [5.41, 5.74) is 4.04. The van der Waals surface area contributed by atoms with E-state index < -0.39 is 0 Å². The molecular formula is C19H21NO. The maximum atomic E-state index is 12.8. The lowest BCUT2D eigenvalue weighted by molar-refractivity contribution is 0.0945. The molecule has 108 valence electrons. The fraction of sp³-hybridized carbons (Fsp3) is 0.211. The first kappa shape index (κ1) is 15.2. The van der Waals surface area contributed by atoms with Gasteiger partial charge in [0, 0.05) is 12.1 Å². The molecule has 0 heterocycles. The minimum atomic E-state index is -0.341. The third kappa shape index (κ3) is 3.89. The molecule has 0 aromatic heterocycles. The predicted molar refractivity (Wildman–Crippen MR) is 87.6 cm³/mol. The zero-order valence-corrected chi connectivity index (χ0v) is 12.6. The van der Waals surface area contributed by atoms with E-state index in [0.29, 0.717) is 6.54 Å². The van der Waals surface area contributed by atoms with Crippen LogP contribution in [0.1, 0.15) is 33.1 Å². The average Bonchev–Trinajstić information content (AvgIpc) is 2.50. The second kappa shape index (κ2) is 7.00. The minimum Gasteiger partial charge on any atom is -0.300 e. The lowest BCUT2D eigenvalue weighted by Gasteiger charge is -2.18. The number of hydrogen-bond acceptors (Lipinski definition) is 2. The SMILES string of the molecule is C=CCNC(C(=O)c1ccc(C)cc1)c1ccc(C)cc1. The lowest BCUT2D eigenvalue weighted by atomic mass is 9.96. The fourth-order valence-electron chi connectivity index (χ4n) is 2.21. The van der Waals surface area contributed by atoms with Crippen LogP contribution in [0.5, 0.6) is 0 Å². The van der Waals surface area contributed by atoms with Crippen molar-refractivity contribution < 1.29 is 4.79 Å². The Balaban J connectivity index is 2.30. The Morgan fingerprint density at radius 3 is 2.10 bits per heavy atom. The summed E-state index contributed by atoms with van der Waals surface area (Å²) in [5, 5.41) is 3.25. The van der Waals surface area contributed by atoms with Gasteiger partial charge in [-0.15, -0.1) is 6.58 Å². The molecule has 0 aliphatic carbocycles. The molecule has 0 radical (unpaired) electrons. The molecule has 0 bridgehead atoms. The molecule has 2 rings (SSSR count). The quantitative estimate of drug-likeness (QED) is 0.639. The van der Waals surface area contributed by atoms with Gasteiger partial charge in [0.2, 0.25) is 0 Å². The Bertz CT molecular complexity index is 611. The molecule has 1 atom stereocenters. The van der Waals surface area contributed by atoms with Gasteiger partial charge in [0.1, 0.15) is 0 Å². The van der Waals surface area contributed by atoms with Gasteiger partial charge in [-0.2, -0.15) is 0 Å².